The maximum absolute atomic E-state index is 13.0. The van der Waals surface area contributed by atoms with Crippen LogP contribution < -0.4 is 0 Å². The van der Waals surface area contributed by atoms with Crippen LogP contribution in [0.4, 0.5) is 13.2 Å². The molecule has 0 aliphatic heterocycles. The summed E-state index contributed by atoms with van der Waals surface area (Å²) in [5, 5.41) is 0. The molecule has 0 saturated heterocycles. The third-order valence-electron chi connectivity index (χ3n) is 2.62. The second-order valence-corrected chi connectivity index (χ2v) is 4.02. The Bertz CT molecular complexity index is 493. The number of benzene rings is 1. The summed E-state index contributed by atoms with van der Waals surface area (Å²) in [5.74, 6) is -3.87. The fraction of sp³-hybridized carbons (Fsp3) is 0.429. The molecule has 0 spiro atoms. The third-order valence-corrected chi connectivity index (χ3v) is 2.62. The topological polar surface area (TPSA) is 52.6 Å². The van der Waals surface area contributed by atoms with Crippen molar-refractivity contribution in [3.8, 4) is 0 Å². The molecule has 21 heavy (non-hydrogen) atoms. The molecule has 1 aromatic rings. The first kappa shape index (κ1) is 17.0. The molecule has 0 aromatic heterocycles. The van der Waals surface area contributed by atoms with Gasteiger partial charge in [-0.1, -0.05) is 18.2 Å². The van der Waals surface area contributed by atoms with Gasteiger partial charge in [0.05, 0.1) is 18.8 Å². The van der Waals surface area contributed by atoms with E-state index in [1.807, 2.05) is 0 Å². The maximum Gasteiger partial charge on any atom is 0.416 e. The van der Waals surface area contributed by atoms with Crippen LogP contribution in [0.5, 0.6) is 0 Å². The minimum absolute atomic E-state index is 0.0527. The zero-order valence-corrected chi connectivity index (χ0v) is 11.6. The van der Waals surface area contributed by atoms with Crippen LogP contribution in [0.1, 0.15) is 30.9 Å². The summed E-state index contributed by atoms with van der Waals surface area (Å²) < 4.78 is 48.4. The van der Waals surface area contributed by atoms with Gasteiger partial charge in [-0.25, -0.2) is 0 Å². The number of esters is 2. The Hall–Kier alpha value is -2.05. The molecule has 7 heteroatoms. The SMILES string of the molecule is CCOC(=O)C(C(=O)OCC)c1ccccc1C(F)(F)F. The molecule has 1 rings (SSSR count). The smallest absolute Gasteiger partial charge is 0.416 e. The number of ether oxygens (including phenoxy) is 2. The van der Waals surface area contributed by atoms with Crippen LogP contribution >= 0.6 is 0 Å². The summed E-state index contributed by atoms with van der Waals surface area (Å²) in [4.78, 5) is 23.7. The van der Waals surface area contributed by atoms with Crippen molar-refractivity contribution >= 4 is 11.9 Å². The molecule has 0 radical (unpaired) electrons. The van der Waals surface area contributed by atoms with Gasteiger partial charge in [0.15, 0.2) is 5.92 Å². The van der Waals surface area contributed by atoms with Crippen molar-refractivity contribution < 1.29 is 32.2 Å². The van der Waals surface area contributed by atoms with E-state index in [1.165, 1.54) is 26.0 Å². The number of alkyl halides is 3. The van der Waals surface area contributed by atoms with E-state index in [9.17, 15) is 22.8 Å². The van der Waals surface area contributed by atoms with Crippen molar-refractivity contribution in [2.24, 2.45) is 0 Å². The van der Waals surface area contributed by atoms with E-state index in [1.54, 1.807) is 0 Å². The van der Waals surface area contributed by atoms with E-state index in [4.69, 9.17) is 0 Å². The molecule has 116 valence electrons. The number of hydrogen-bond donors (Lipinski definition) is 0. The summed E-state index contributed by atoms with van der Waals surface area (Å²) in [6.07, 6.45) is -4.69. The molecule has 0 aliphatic carbocycles. The Kier molecular flexibility index (Phi) is 5.75. The van der Waals surface area contributed by atoms with Crippen LogP contribution in [0.3, 0.4) is 0 Å². The normalized spacial score (nSPS) is 11.3. The predicted octanol–water partition coefficient (Wildman–Crippen LogP) is 2.92. The highest BCUT2D eigenvalue weighted by Crippen LogP contribution is 2.36. The van der Waals surface area contributed by atoms with Crippen molar-refractivity contribution in [3.05, 3.63) is 35.4 Å². The summed E-state index contributed by atoms with van der Waals surface area (Å²) in [6, 6.07) is 4.37. The lowest BCUT2D eigenvalue weighted by atomic mass is 9.94. The van der Waals surface area contributed by atoms with Crippen LogP contribution in [-0.4, -0.2) is 25.2 Å². The van der Waals surface area contributed by atoms with Crippen molar-refractivity contribution in [2.45, 2.75) is 25.9 Å². The lowest BCUT2D eigenvalue weighted by Gasteiger charge is -2.19. The molecule has 0 unspecified atom stereocenters. The summed E-state index contributed by atoms with van der Waals surface area (Å²) in [7, 11) is 0. The zero-order chi connectivity index (χ0) is 16.0. The number of hydrogen-bond acceptors (Lipinski definition) is 4. The molecule has 0 saturated carbocycles. The molecule has 0 fully saturated rings. The van der Waals surface area contributed by atoms with Gasteiger partial charge in [-0.05, 0) is 25.5 Å². The standard InChI is InChI=1S/C14H15F3O4/c1-3-20-12(18)11(13(19)21-4-2)9-7-5-6-8-10(9)14(15,16)17/h5-8,11H,3-4H2,1-2H3. The number of rotatable bonds is 5. The van der Waals surface area contributed by atoms with Gasteiger partial charge in [0, 0.05) is 0 Å². The van der Waals surface area contributed by atoms with Gasteiger partial charge in [0.1, 0.15) is 0 Å². The fourth-order valence-corrected chi connectivity index (χ4v) is 1.81. The fourth-order valence-electron chi connectivity index (χ4n) is 1.81. The first-order valence-corrected chi connectivity index (χ1v) is 6.32. The minimum Gasteiger partial charge on any atom is -0.465 e. The maximum atomic E-state index is 13.0. The predicted molar refractivity (Wildman–Crippen MR) is 67.5 cm³/mol. The highest BCUT2D eigenvalue weighted by molar-refractivity contribution is 6.01. The van der Waals surface area contributed by atoms with Crippen LogP contribution in [0, 0.1) is 0 Å². The lowest BCUT2D eigenvalue weighted by molar-refractivity contribution is -0.157. The van der Waals surface area contributed by atoms with Crippen molar-refractivity contribution in [1.29, 1.82) is 0 Å². The van der Waals surface area contributed by atoms with Gasteiger partial charge in [-0.2, -0.15) is 13.2 Å². The number of carbonyl (C=O) groups is 2. The van der Waals surface area contributed by atoms with Crippen LogP contribution in [0.15, 0.2) is 24.3 Å². The highest BCUT2D eigenvalue weighted by Gasteiger charge is 2.40. The van der Waals surface area contributed by atoms with Crippen LogP contribution in [0.2, 0.25) is 0 Å². The van der Waals surface area contributed by atoms with E-state index in [0.717, 1.165) is 12.1 Å². The van der Waals surface area contributed by atoms with Gasteiger partial charge in [0.2, 0.25) is 0 Å². The zero-order valence-electron chi connectivity index (χ0n) is 11.6. The van der Waals surface area contributed by atoms with E-state index >= 15 is 0 Å². The number of halogens is 3. The van der Waals surface area contributed by atoms with Crippen molar-refractivity contribution in [1.82, 2.24) is 0 Å². The molecule has 4 nitrogen and oxygen atoms in total. The van der Waals surface area contributed by atoms with Crippen molar-refractivity contribution in [3.63, 3.8) is 0 Å². The van der Waals surface area contributed by atoms with Crippen LogP contribution in [0.25, 0.3) is 0 Å². The average Bonchev–Trinajstić information content (AvgIpc) is 2.39. The van der Waals surface area contributed by atoms with Gasteiger partial charge < -0.3 is 9.47 Å². The van der Waals surface area contributed by atoms with Crippen molar-refractivity contribution in [2.75, 3.05) is 13.2 Å². The first-order valence-electron chi connectivity index (χ1n) is 6.32. The largest absolute Gasteiger partial charge is 0.465 e. The van der Waals surface area contributed by atoms with Crippen LogP contribution in [-0.2, 0) is 25.2 Å². The van der Waals surface area contributed by atoms with E-state index in [0.29, 0.717) is 0 Å². The molecule has 0 amide bonds. The van der Waals surface area contributed by atoms with Gasteiger partial charge >= 0.3 is 18.1 Å². The monoisotopic (exact) mass is 304 g/mol. The average molecular weight is 304 g/mol. The Balaban J connectivity index is 3.33. The molecule has 0 heterocycles. The highest BCUT2D eigenvalue weighted by atomic mass is 19.4. The van der Waals surface area contributed by atoms with E-state index in [2.05, 4.69) is 9.47 Å². The van der Waals surface area contributed by atoms with E-state index in [-0.39, 0.29) is 13.2 Å². The Morgan fingerprint density at radius 3 is 1.95 bits per heavy atom. The molecular formula is C14H15F3O4. The first-order chi connectivity index (χ1) is 9.82. The summed E-state index contributed by atoms with van der Waals surface area (Å²) in [6.45, 7) is 2.89. The van der Waals surface area contributed by atoms with Gasteiger partial charge in [-0.3, -0.25) is 9.59 Å². The molecule has 1 aromatic carbocycles. The quantitative estimate of drug-likeness (QED) is 0.620. The lowest BCUT2D eigenvalue weighted by Crippen LogP contribution is -2.28. The molecular weight excluding hydrogens is 289 g/mol. The minimum atomic E-state index is -4.69. The molecule has 0 N–H and O–H groups in total. The molecule has 0 bridgehead atoms. The second kappa shape index (κ2) is 7.10. The summed E-state index contributed by atoms with van der Waals surface area (Å²) >= 11 is 0. The summed E-state index contributed by atoms with van der Waals surface area (Å²) in [5.41, 5.74) is -1.53. The molecule has 0 aliphatic rings. The van der Waals surface area contributed by atoms with E-state index < -0.39 is 35.2 Å². The Morgan fingerprint density at radius 2 is 1.52 bits per heavy atom. The number of carbonyl (C=O) groups excluding carboxylic acids is 2. The molecule has 0 atom stereocenters. The third kappa shape index (κ3) is 4.21. The Morgan fingerprint density at radius 1 is 1.05 bits per heavy atom. The van der Waals surface area contributed by atoms with Gasteiger partial charge in [-0.15, -0.1) is 0 Å². The second-order valence-electron chi connectivity index (χ2n) is 4.02. The van der Waals surface area contributed by atoms with Gasteiger partial charge in [0.25, 0.3) is 0 Å². The Labute approximate surface area is 119 Å².